The molecule has 1 aliphatic carbocycles. The molecule has 2 atom stereocenters. The van der Waals surface area contributed by atoms with E-state index in [0.717, 1.165) is 5.92 Å². The maximum atomic E-state index is 11.0. The van der Waals surface area contributed by atoms with Crippen LogP contribution >= 0.6 is 0 Å². The summed E-state index contributed by atoms with van der Waals surface area (Å²) in [6.07, 6.45) is 6.00. The fraction of sp³-hybridized carbons (Fsp3) is 0.778. The zero-order valence-electron chi connectivity index (χ0n) is 7.32. The molecule has 3 heteroatoms. The summed E-state index contributed by atoms with van der Waals surface area (Å²) in [6, 6.07) is 0.620. The van der Waals surface area contributed by atoms with E-state index in [1.165, 1.54) is 26.4 Å². The third kappa shape index (κ3) is 1.24. The van der Waals surface area contributed by atoms with Crippen LogP contribution in [0.1, 0.15) is 19.3 Å². The van der Waals surface area contributed by atoms with Gasteiger partial charge in [-0.3, -0.25) is 0 Å². The summed E-state index contributed by atoms with van der Waals surface area (Å²) in [5.74, 6) is 0.610. The van der Waals surface area contributed by atoms with Gasteiger partial charge in [0, 0.05) is 18.8 Å². The van der Waals surface area contributed by atoms with Crippen molar-refractivity contribution >= 4 is 12.2 Å². The first-order valence-electron chi connectivity index (χ1n) is 4.47. The summed E-state index contributed by atoms with van der Waals surface area (Å²) in [7, 11) is 1.44. The fourth-order valence-corrected chi connectivity index (χ4v) is 2.22. The maximum absolute atomic E-state index is 11.0. The van der Waals surface area contributed by atoms with Crippen LogP contribution in [0.15, 0.2) is 0 Å². The van der Waals surface area contributed by atoms with Gasteiger partial charge in [0.25, 0.3) is 0 Å². The number of nitrogens with zero attached hydrogens (tertiary/aromatic N) is 1. The lowest BCUT2D eigenvalue weighted by atomic mass is 10.1. The van der Waals surface area contributed by atoms with Gasteiger partial charge >= 0.3 is 5.97 Å². The summed E-state index contributed by atoms with van der Waals surface area (Å²) in [4.78, 5) is 11.0. The lowest BCUT2D eigenvalue weighted by Crippen LogP contribution is -2.28. The van der Waals surface area contributed by atoms with Crippen LogP contribution in [0, 0.1) is 5.92 Å². The summed E-state index contributed by atoms with van der Waals surface area (Å²) in [5, 5.41) is 0. The zero-order valence-corrected chi connectivity index (χ0v) is 7.32. The van der Waals surface area contributed by atoms with E-state index in [1.807, 2.05) is 0 Å². The standard InChI is InChI=1S/C9H14NO2/c1-12-9(11)6-10-5-7-2-3-8(10)4-7/h5,7-8H,2-4,6H2,1H3/q+1. The molecule has 1 fully saturated rings. The van der Waals surface area contributed by atoms with Gasteiger partial charge in [-0.25, -0.2) is 9.37 Å². The molecule has 0 amide bonds. The molecular weight excluding hydrogens is 154 g/mol. The van der Waals surface area contributed by atoms with Gasteiger partial charge in [0.05, 0.1) is 7.11 Å². The van der Waals surface area contributed by atoms with E-state index < -0.39 is 0 Å². The molecule has 66 valence electrons. The van der Waals surface area contributed by atoms with E-state index in [0.29, 0.717) is 12.6 Å². The predicted octanol–water partition coefficient (Wildman–Crippen LogP) is 0.425. The second-order valence-electron chi connectivity index (χ2n) is 3.62. The van der Waals surface area contributed by atoms with Crippen LogP contribution in [0.5, 0.6) is 0 Å². The first-order chi connectivity index (χ1) is 5.79. The van der Waals surface area contributed by atoms with Crippen LogP contribution in [-0.4, -0.2) is 36.5 Å². The number of esters is 1. The van der Waals surface area contributed by atoms with E-state index in [-0.39, 0.29) is 5.97 Å². The number of carbonyl (C=O) groups excluding carboxylic acids is 1. The Morgan fingerprint density at radius 3 is 3.00 bits per heavy atom. The summed E-state index contributed by atoms with van der Waals surface area (Å²) in [5.41, 5.74) is 0. The van der Waals surface area contributed by atoms with Crippen LogP contribution in [0.4, 0.5) is 0 Å². The molecule has 1 heterocycles. The molecule has 2 aliphatic rings. The van der Waals surface area contributed by atoms with Crippen molar-refractivity contribution in [3.63, 3.8) is 0 Å². The highest BCUT2D eigenvalue weighted by Crippen LogP contribution is 2.31. The number of hydrogen-bond donors (Lipinski definition) is 0. The van der Waals surface area contributed by atoms with Gasteiger partial charge in [0.1, 0.15) is 6.21 Å². The molecule has 0 saturated heterocycles. The van der Waals surface area contributed by atoms with Crippen molar-refractivity contribution in [2.45, 2.75) is 25.3 Å². The van der Waals surface area contributed by atoms with Crippen molar-refractivity contribution in [2.75, 3.05) is 13.7 Å². The SMILES string of the molecule is COC(=O)C[N+]1=CC2CCC1C2. The molecule has 0 N–H and O–H groups in total. The highest BCUT2D eigenvalue weighted by molar-refractivity contribution is 5.71. The lowest BCUT2D eigenvalue weighted by Gasteiger charge is -2.06. The quantitative estimate of drug-likeness (QED) is 0.442. The van der Waals surface area contributed by atoms with E-state index in [1.54, 1.807) is 0 Å². The van der Waals surface area contributed by atoms with E-state index >= 15 is 0 Å². The molecule has 1 saturated carbocycles. The van der Waals surface area contributed by atoms with Crippen molar-refractivity contribution < 1.29 is 14.1 Å². The Bertz CT molecular complexity index is 235. The molecule has 2 bridgehead atoms. The number of ether oxygens (including phenoxy) is 1. The van der Waals surface area contributed by atoms with Gasteiger partial charge in [0.2, 0.25) is 6.54 Å². The van der Waals surface area contributed by atoms with E-state index in [2.05, 4.69) is 15.5 Å². The normalized spacial score (nSPS) is 31.9. The van der Waals surface area contributed by atoms with Crippen molar-refractivity contribution in [3.05, 3.63) is 0 Å². The van der Waals surface area contributed by atoms with Crippen LogP contribution in [0.3, 0.4) is 0 Å². The maximum Gasteiger partial charge on any atom is 0.371 e. The molecule has 2 unspecified atom stereocenters. The van der Waals surface area contributed by atoms with Gasteiger partial charge in [-0.05, 0) is 6.42 Å². The lowest BCUT2D eigenvalue weighted by molar-refractivity contribution is -0.546. The average Bonchev–Trinajstić information content (AvgIpc) is 2.64. The minimum absolute atomic E-state index is 0.126. The Morgan fingerprint density at radius 2 is 2.50 bits per heavy atom. The summed E-state index contributed by atoms with van der Waals surface area (Å²) in [6.45, 7) is 0.442. The van der Waals surface area contributed by atoms with Crippen LogP contribution in [0.2, 0.25) is 0 Å². The molecule has 1 aliphatic heterocycles. The van der Waals surface area contributed by atoms with Crippen LogP contribution in [0.25, 0.3) is 0 Å². The predicted molar refractivity (Wildman–Crippen MR) is 44.3 cm³/mol. The van der Waals surface area contributed by atoms with Crippen molar-refractivity contribution in [1.29, 1.82) is 0 Å². The minimum Gasteiger partial charge on any atom is -0.464 e. The Hall–Kier alpha value is -0.860. The fourth-order valence-electron chi connectivity index (χ4n) is 2.22. The highest BCUT2D eigenvalue weighted by Gasteiger charge is 2.40. The molecule has 0 radical (unpaired) electrons. The Balaban J connectivity index is 1.98. The van der Waals surface area contributed by atoms with E-state index in [4.69, 9.17) is 0 Å². The van der Waals surface area contributed by atoms with Gasteiger partial charge in [-0.2, -0.15) is 0 Å². The zero-order chi connectivity index (χ0) is 8.55. The Morgan fingerprint density at radius 1 is 1.67 bits per heavy atom. The molecule has 0 aromatic heterocycles. The van der Waals surface area contributed by atoms with Gasteiger partial charge in [-0.15, -0.1) is 0 Å². The second-order valence-corrected chi connectivity index (χ2v) is 3.62. The number of fused-ring (bicyclic) bond motifs is 2. The second kappa shape index (κ2) is 2.88. The molecule has 2 rings (SSSR count). The number of hydrogen-bond acceptors (Lipinski definition) is 2. The number of carbonyl (C=O) groups is 1. The third-order valence-corrected chi connectivity index (χ3v) is 2.86. The largest absolute Gasteiger partial charge is 0.464 e. The van der Waals surface area contributed by atoms with Gasteiger partial charge < -0.3 is 4.74 Å². The summed E-state index contributed by atoms with van der Waals surface area (Å²) >= 11 is 0. The minimum atomic E-state index is -0.126. The topological polar surface area (TPSA) is 29.3 Å². The first kappa shape index (κ1) is 7.77. The van der Waals surface area contributed by atoms with Crippen molar-refractivity contribution in [3.8, 4) is 0 Å². The molecular formula is C9H14NO2+. The monoisotopic (exact) mass is 168 g/mol. The average molecular weight is 168 g/mol. The smallest absolute Gasteiger partial charge is 0.371 e. The number of rotatable bonds is 2. The van der Waals surface area contributed by atoms with Crippen molar-refractivity contribution in [1.82, 2.24) is 0 Å². The molecule has 0 aromatic carbocycles. The third-order valence-electron chi connectivity index (χ3n) is 2.86. The van der Waals surface area contributed by atoms with E-state index in [9.17, 15) is 4.79 Å². The molecule has 0 spiro atoms. The highest BCUT2D eigenvalue weighted by atomic mass is 16.5. The molecule has 3 nitrogen and oxygen atoms in total. The number of methoxy groups -OCH3 is 1. The first-order valence-corrected chi connectivity index (χ1v) is 4.47. The summed E-state index contributed by atoms with van der Waals surface area (Å²) < 4.78 is 6.76. The van der Waals surface area contributed by atoms with Gasteiger partial charge in [-0.1, -0.05) is 0 Å². The Labute approximate surface area is 72.0 Å². The molecule has 12 heavy (non-hydrogen) atoms. The molecule has 0 aromatic rings. The van der Waals surface area contributed by atoms with Gasteiger partial charge in [0.15, 0.2) is 6.04 Å². The van der Waals surface area contributed by atoms with Crippen molar-refractivity contribution in [2.24, 2.45) is 5.92 Å². The van der Waals surface area contributed by atoms with Crippen LogP contribution in [-0.2, 0) is 9.53 Å². The Kier molecular flexibility index (Phi) is 1.87. The van der Waals surface area contributed by atoms with Crippen LogP contribution < -0.4 is 0 Å².